The number of anilines is 1. The van der Waals surface area contributed by atoms with Crippen LogP contribution in [0, 0.1) is 0 Å². The van der Waals surface area contributed by atoms with Crippen molar-refractivity contribution in [3.63, 3.8) is 0 Å². The molecule has 0 saturated carbocycles. The average molecular weight is 331 g/mol. The summed E-state index contributed by atoms with van der Waals surface area (Å²) in [6.07, 6.45) is 3.57. The fourth-order valence-electron chi connectivity index (χ4n) is 2.95. The van der Waals surface area contributed by atoms with Gasteiger partial charge in [-0.15, -0.1) is 22.7 Å². The SMILES string of the molecule is CC(c1nccs1)N1CCN(c2ncnc3sccc23)CC1. The molecule has 0 spiro atoms. The smallest absolute Gasteiger partial charge is 0.140 e. The van der Waals surface area contributed by atoms with Crippen molar-refractivity contribution in [2.45, 2.75) is 13.0 Å². The summed E-state index contributed by atoms with van der Waals surface area (Å²) in [6, 6.07) is 2.52. The van der Waals surface area contributed by atoms with E-state index < -0.39 is 0 Å². The summed E-state index contributed by atoms with van der Waals surface area (Å²) < 4.78 is 0. The van der Waals surface area contributed by atoms with Crippen LogP contribution in [0.2, 0.25) is 0 Å². The van der Waals surface area contributed by atoms with Crippen molar-refractivity contribution in [1.29, 1.82) is 0 Å². The van der Waals surface area contributed by atoms with Crippen molar-refractivity contribution >= 4 is 38.7 Å². The van der Waals surface area contributed by atoms with Gasteiger partial charge in [-0.3, -0.25) is 4.90 Å². The molecule has 5 nitrogen and oxygen atoms in total. The Morgan fingerprint density at radius 2 is 1.91 bits per heavy atom. The summed E-state index contributed by atoms with van der Waals surface area (Å²) in [5.74, 6) is 1.08. The largest absolute Gasteiger partial charge is 0.353 e. The average Bonchev–Trinajstić information content (AvgIpc) is 3.25. The van der Waals surface area contributed by atoms with Crippen LogP contribution in [0.3, 0.4) is 0 Å². The minimum absolute atomic E-state index is 0.397. The highest BCUT2D eigenvalue weighted by atomic mass is 32.1. The topological polar surface area (TPSA) is 45.2 Å². The summed E-state index contributed by atoms with van der Waals surface area (Å²) in [7, 11) is 0. The highest BCUT2D eigenvalue weighted by Gasteiger charge is 2.24. The summed E-state index contributed by atoms with van der Waals surface area (Å²) >= 11 is 3.41. The van der Waals surface area contributed by atoms with Gasteiger partial charge in [0, 0.05) is 37.8 Å². The van der Waals surface area contributed by atoms with E-state index in [9.17, 15) is 0 Å². The van der Waals surface area contributed by atoms with Crippen molar-refractivity contribution in [1.82, 2.24) is 19.9 Å². The Bertz CT molecular complexity index is 746. The molecular weight excluding hydrogens is 314 g/mol. The van der Waals surface area contributed by atoms with E-state index >= 15 is 0 Å². The van der Waals surface area contributed by atoms with Gasteiger partial charge in [-0.1, -0.05) is 0 Å². The zero-order chi connectivity index (χ0) is 14.9. The second-order valence-corrected chi connectivity index (χ2v) is 7.23. The van der Waals surface area contributed by atoms with E-state index in [4.69, 9.17) is 0 Å². The number of piperazine rings is 1. The number of nitrogens with zero attached hydrogens (tertiary/aromatic N) is 5. The number of rotatable bonds is 3. The Labute approximate surface area is 137 Å². The second kappa shape index (κ2) is 5.91. The van der Waals surface area contributed by atoms with Gasteiger partial charge >= 0.3 is 0 Å². The van der Waals surface area contributed by atoms with Crippen LogP contribution >= 0.6 is 22.7 Å². The second-order valence-electron chi connectivity index (χ2n) is 5.41. The van der Waals surface area contributed by atoms with Gasteiger partial charge < -0.3 is 4.90 Å². The number of aromatic nitrogens is 3. The van der Waals surface area contributed by atoms with Gasteiger partial charge in [0.15, 0.2) is 0 Å². The van der Waals surface area contributed by atoms with Crippen LogP contribution in [-0.2, 0) is 0 Å². The van der Waals surface area contributed by atoms with Gasteiger partial charge in [0.05, 0.1) is 11.4 Å². The molecule has 1 saturated heterocycles. The molecule has 0 radical (unpaired) electrons. The number of hydrogen-bond donors (Lipinski definition) is 0. The molecule has 3 aromatic heterocycles. The van der Waals surface area contributed by atoms with Crippen LogP contribution in [0.5, 0.6) is 0 Å². The lowest BCUT2D eigenvalue weighted by Gasteiger charge is -2.38. The van der Waals surface area contributed by atoms with E-state index in [1.54, 1.807) is 29.0 Å². The summed E-state index contributed by atoms with van der Waals surface area (Å²) in [4.78, 5) is 19.2. The Hall–Kier alpha value is -1.57. The quantitative estimate of drug-likeness (QED) is 0.738. The van der Waals surface area contributed by atoms with Crippen LogP contribution < -0.4 is 4.90 Å². The molecule has 3 aromatic rings. The standard InChI is InChI=1S/C15H17N5S2/c1-11(14-16-3-9-22-14)19-4-6-20(7-5-19)13-12-2-8-21-15(12)18-10-17-13/h2-3,8-11H,4-7H2,1H3. The number of hydrogen-bond acceptors (Lipinski definition) is 7. The third kappa shape index (κ3) is 2.49. The Balaban J connectivity index is 1.49. The fraction of sp³-hybridized carbons (Fsp3) is 0.400. The summed E-state index contributed by atoms with van der Waals surface area (Å²) in [5.41, 5.74) is 0. The molecule has 114 valence electrons. The van der Waals surface area contributed by atoms with E-state index in [1.165, 1.54) is 10.4 Å². The molecule has 22 heavy (non-hydrogen) atoms. The predicted octanol–water partition coefficient (Wildman–Crippen LogP) is 3.03. The van der Waals surface area contributed by atoms with Gasteiger partial charge in [0.25, 0.3) is 0 Å². The molecule has 1 unspecified atom stereocenters. The first kappa shape index (κ1) is 14.0. The molecule has 0 amide bonds. The van der Waals surface area contributed by atoms with Crippen LogP contribution in [0.15, 0.2) is 29.4 Å². The van der Waals surface area contributed by atoms with E-state index in [2.05, 4.69) is 48.5 Å². The van der Waals surface area contributed by atoms with Gasteiger partial charge in [0.2, 0.25) is 0 Å². The van der Waals surface area contributed by atoms with Crippen LogP contribution in [0.4, 0.5) is 5.82 Å². The maximum atomic E-state index is 4.52. The fourth-order valence-corrected chi connectivity index (χ4v) is 4.40. The van der Waals surface area contributed by atoms with E-state index in [0.29, 0.717) is 6.04 Å². The van der Waals surface area contributed by atoms with Crippen molar-refractivity contribution in [2.75, 3.05) is 31.1 Å². The Morgan fingerprint density at radius 3 is 2.68 bits per heavy atom. The molecule has 7 heteroatoms. The van der Waals surface area contributed by atoms with Gasteiger partial charge in [0.1, 0.15) is 22.0 Å². The highest BCUT2D eigenvalue weighted by Crippen LogP contribution is 2.29. The maximum Gasteiger partial charge on any atom is 0.140 e. The Morgan fingerprint density at radius 1 is 1.05 bits per heavy atom. The van der Waals surface area contributed by atoms with Crippen molar-refractivity contribution < 1.29 is 0 Å². The molecular formula is C15H17N5S2. The van der Waals surface area contributed by atoms with E-state index in [1.807, 2.05) is 6.20 Å². The molecule has 0 aromatic carbocycles. The van der Waals surface area contributed by atoms with Crippen LogP contribution in [-0.4, -0.2) is 46.0 Å². The van der Waals surface area contributed by atoms with Crippen LogP contribution in [0.1, 0.15) is 18.0 Å². The lowest BCUT2D eigenvalue weighted by molar-refractivity contribution is 0.198. The highest BCUT2D eigenvalue weighted by molar-refractivity contribution is 7.16. The van der Waals surface area contributed by atoms with Gasteiger partial charge in [-0.05, 0) is 18.4 Å². The van der Waals surface area contributed by atoms with Crippen LogP contribution in [0.25, 0.3) is 10.2 Å². The number of thiazole rings is 1. The number of fused-ring (bicyclic) bond motifs is 1. The van der Waals surface area contributed by atoms with E-state index in [-0.39, 0.29) is 0 Å². The predicted molar refractivity (Wildman–Crippen MR) is 91.7 cm³/mol. The monoisotopic (exact) mass is 331 g/mol. The van der Waals surface area contributed by atoms with Crippen molar-refractivity contribution in [3.05, 3.63) is 34.4 Å². The molecule has 0 aliphatic carbocycles. The zero-order valence-electron chi connectivity index (χ0n) is 12.3. The minimum Gasteiger partial charge on any atom is -0.353 e. The van der Waals surface area contributed by atoms with E-state index in [0.717, 1.165) is 36.8 Å². The number of thiophene rings is 1. The third-order valence-electron chi connectivity index (χ3n) is 4.21. The molecule has 1 atom stereocenters. The lowest BCUT2D eigenvalue weighted by Crippen LogP contribution is -2.47. The summed E-state index contributed by atoms with van der Waals surface area (Å²) in [6.45, 7) is 6.32. The molecule has 1 aliphatic heterocycles. The van der Waals surface area contributed by atoms with Crippen molar-refractivity contribution in [3.8, 4) is 0 Å². The van der Waals surface area contributed by atoms with Gasteiger partial charge in [-0.2, -0.15) is 0 Å². The third-order valence-corrected chi connectivity index (χ3v) is 5.98. The lowest BCUT2D eigenvalue weighted by atomic mass is 10.2. The molecule has 4 heterocycles. The Kier molecular flexibility index (Phi) is 3.77. The van der Waals surface area contributed by atoms with Gasteiger partial charge in [-0.25, -0.2) is 15.0 Å². The van der Waals surface area contributed by atoms with Crippen molar-refractivity contribution in [2.24, 2.45) is 0 Å². The molecule has 4 rings (SSSR count). The first-order valence-electron chi connectivity index (χ1n) is 7.39. The first-order chi connectivity index (χ1) is 10.8. The minimum atomic E-state index is 0.397. The first-order valence-corrected chi connectivity index (χ1v) is 9.15. The zero-order valence-corrected chi connectivity index (χ0v) is 14.0. The molecule has 0 bridgehead atoms. The molecule has 0 N–H and O–H groups in total. The molecule has 1 aliphatic rings. The normalized spacial score (nSPS) is 18.0. The molecule has 1 fully saturated rings. The summed E-state index contributed by atoms with van der Waals surface area (Å²) in [5, 5.41) is 6.52. The maximum absolute atomic E-state index is 4.52.